The molecule has 0 amide bonds. The van der Waals surface area contributed by atoms with Crippen molar-refractivity contribution in [2.45, 2.75) is 45.1 Å². The highest BCUT2D eigenvalue weighted by molar-refractivity contribution is 5.55. The van der Waals surface area contributed by atoms with Crippen molar-refractivity contribution in [3.05, 3.63) is 40.3 Å². The Morgan fingerprint density at radius 3 is 2.33 bits per heavy atom. The van der Waals surface area contributed by atoms with Crippen molar-refractivity contribution >= 4 is 5.69 Å². The second-order valence-corrected chi connectivity index (χ2v) is 6.40. The number of hydrogen-bond acceptors (Lipinski definition) is 5. The number of nitrogens with one attached hydrogen (secondary N) is 1. The molecule has 7 heteroatoms. The standard InChI is InChI=1S/C17H22N4O3/c1-13(20-11-5-3-2-4-6-12-20)16-18-19-17(24-16)14-7-9-15(10-8-14)21(22)23/h7-10,13H,2-6,11-12H2,1H3/p+1/t13-/m0/s1. The maximum atomic E-state index is 10.7. The minimum atomic E-state index is -0.420. The third-order valence-corrected chi connectivity index (χ3v) is 4.74. The zero-order valence-corrected chi connectivity index (χ0v) is 13.9. The summed E-state index contributed by atoms with van der Waals surface area (Å²) in [5, 5.41) is 19.0. The van der Waals surface area contributed by atoms with E-state index in [9.17, 15) is 10.1 Å². The van der Waals surface area contributed by atoms with Gasteiger partial charge < -0.3 is 9.32 Å². The minimum absolute atomic E-state index is 0.0527. The quantitative estimate of drug-likeness (QED) is 0.687. The van der Waals surface area contributed by atoms with Crippen molar-refractivity contribution in [2.75, 3.05) is 13.1 Å². The van der Waals surface area contributed by atoms with E-state index in [0.29, 0.717) is 17.3 Å². The Hall–Kier alpha value is -2.28. The van der Waals surface area contributed by atoms with E-state index < -0.39 is 4.92 Å². The van der Waals surface area contributed by atoms with Gasteiger partial charge in [-0.3, -0.25) is 10.1 Å². The molecule has 1 aliphatic heterocycles. The first-order valence-corrected chi connectivity index (χ1v) is 8.58. The SMILES string of the molecule is C[C@@H](c1nnc(-c2ccc([N+](=O)[O-])cc2)o1)[NH+]1CCCCCCC1. The van der Waals surface area contributed by atoms with Crippen molar-refractivity contribution in [1.29, 1.82) is 0 Å². The van der Waals surface area contributed by atoms with Crippen LogP contribution in [-0.2, 0) is 0 Å². The highest BCUT2D eigenvalue weighted by Gasteiger charge is 2.25. The molecule has 2 aromatic rings. The van der Waals surface area contributed by atoms with Crippen LogP contribution in [0.15, 0.2) is 28.7 Å². The fraction of sp³-hybridized carbons (Fsp3) is 0.529. The first kappa shape index (κ1) is 16.6. The molecule has 1 atom stereocenters. The number of nitro benzene ring substituents is 1. The highest BCUT2D eigenvalue weighted by atomic mass is 16.6. The molecule has 0 bridgehead atoms. The van der Waals surface area contributed by atoms with Gasteiger partial charge in [-0.2, -0.15) is 0 Å². The number of benzene rings is 1. The van der Waals surface area contributed by atoms with Crippen molar-refractivity contribution in [1.82, 2.24) is 10.2 Å². The summed E-state index contributed by atoms with van der Waals surface area (Å²) in [7, 11) is 0. The van der Waals surface area contributed by atoms with Gasteiger partial charge in [0.25, 0.3) is 11.6 Å². The molecule has 1 fully saturated rings. The lowest BCUT2D eigenvalue weighted by Crippen LogP contribution is -3.12. The summed E-state index contributed by atoms with van der Waals surface area (Å²) in [5.74, 6) is 1.05. The van der Waals surface area contributed by atoms with Gasteiger partial charge in [0.2, 0.25) is 5.89 Å². The summed E-state index contributed by atoms with van der Waals surface area (Å²) >= 11 is 0. The van der Waals surface area contributed by atoms with Crippen LogP contribution in [0.1, 0.15) is 51.0 Å². The summed E-state index contributed by atoms with van der Waals surface area (Å²) < 4.78 is 5.84. The number of quaternary nitrogens is 1. The van der Waals surface area contributed by atoms with Gasteiger partial charge in [-0.1, -0.05) is 6.42 Å². The summed E-state index contributed by atoms with van der Waals surface area (Å²) in [6.45, 7) is 4.40. The summed E-state index contributed by atoms with van der Waals surface area (Å²) in [4.78, 5) is 11.8. The lowest BCUT2D eigenvalue weighted by molar-refractivity contribution is -0.932. The summed E-state index contributed by atoms with van der Waals surface area (Å²) in [6, 6.07) is 6.35. The van der Waals surface area contributed by atoms with E-state index in [-0.39, 0.29) is 11.7 Å². The van der Waals surface area contributed by atoms with Crippen LogP contribution in [0.25, 0.3) is 11.5 Å². The zero-order chi connectivity index (χ0) is 16.9. The molecule has 128 valence electrons. The molecule has 1 aliphatic rings. The molecular weight excluding hydrogens is 308 g/mol. The van der Waals surface area contributed by atoms with E-state index in [1.807, 2.05) is 0 Å². The van der Waals surface area contributed by atoms with Gasteiger partial charge in [0.15, 0.2) is 6.04 Å². The molecule has 3 rings (SSSR count). The maximum absolute atomic E-state index is 10.7. The number of aromatic nitrogens is 2. The van der Waals surface area contributed by atoms with Crippen LogP contribution < -0.4 is 4.90 Å². The fourth-order valence-electron chi connectivity index (χ4n) is 3.22. The highest BCUT2D eigenvalue weighted by Crippen LogP contribution is 2.22. The van der Waals surface area contributed by atoms with E-state index in [2.05, 4.69) is 17.1 Å². The monoisotopic (exact) mass is 331 g/mol. The van der Waals surface area contributed by atoms with Crippen molar-refractivity contribution in [2.24, 2.45) is 0 Å². The third kappa shape index (κ3) is 3.79. The van der Waals surface area contributed by atoms with E-state index >= 15 is 0 Å². The smallest absolute Gasteiger partial charge is 0.274 e. The van der Waals surface area contributed by atoms with Gasteiger partial charge in [-0.15, -0.1) is 10.2 Å². The normalized spacial score (nSPS) is 17.9. The van der Waals surface area contributed by atoms with Gasteiger partial charge in [0.1, 0.15) is 0 Å². The zero-order valence-electron chi connectivity index (χ0n) is 13.9. The van der Waals surface area contributed by atoms with Crippen LogP contribution in [-0.4, -0.2) is 28.2 Å². The van der Waals surface area contributed by atoms with Crippen LogP contribution in [0.2, 0.25) is 0 Å². The Balaban J connectivity index is 1.72. The largest absolute Gasteiger partial charge is 0.415 e. The molecule has 1 N–H and O–H groups in total. The Morgan fingerprint density at radius 2 is 1.71 bits per heavy atom. The molecule has 1 aromatic heterocycles. The Labute approximate surface area is 140 Å². The lowest BCUT2D eigenvalue weighted by Gasteiger charge is -2.25. The van der Waals surface area contributed by atoms with Gasteiger partial charge >= 0.3 is 0 Å². The predicted octanol–water partition coefficient (Wildman–Crippen LogP) is 2.55. The van der Waals surface area contributed by atoms with Crippen LogP contribution in [0, 0.1) is 10.1 Å². The molecule has 0 radical (unpaired) electrons. The molecule has 0 unspecified atom stereocenters. The Bertz CT molecular complexity index is 675. The molecule has 0 aliphatic carbocycles. The number of likely N-dealkylation sites (tertiary alicyclic amines) is 1. The molecule has 1 saturated heterocycles. The van der Waals surface area contributed by atoms with Crippen molar-refractivity contribution < 1.29 is 14.2 Å². The molecule has 7 nitrogen and oxygen atoms in total. The molecule has 2 heterocycles. The van der Waals surface area contributed by atoms with E-state index in [1.54, 1.807) is 12.1 Å². The number of rotatable bonds is 4. The van der Waals surface area contributed by atoms with Crippen LogP contribution in [0.5, 0.6) is 0 Å². The van der Waals surface area contributed by atoms with Gasteiger partial charge in [-0.05, 0) is 44.7 Å². The average molecular weight is 331 g/mol. The van der Waals surface area contributed by atoms with Gasteiger partial charge in [0.05, 0.1) is 18.0 Å². The fourth-order valence-corrected chi connectivity index (χ4v) is 3.22. The van der Waals surface area contributed by atoms with Crippen molar-refractivity contribution in [3.8, 4) is 11.5 Å². The van der Waals surface area contributed by atoms with E-state index in [4.69, 9.17) is 4.42 Å². The summed E-state index contributed by atoms with van der Waals surface area (Å²) in [5.41, 5.74) is 0.756. The molecular formula is C17H23N4O3+. The van der Waals surface area contributed by atoms with Crippen molar-refractivity contribution in [3.63, 3.8) is 0 Å². The average Bonchev–Trinajstić information content (AvgIpc) is 3.04. The van der Waals surface area contributed by atoms with Gasteiger partial charge in [0, 0.05) is 17.7 Å². The summed E-state index contributed by atoms with van der Waals surface area (Å²) in [6.07, 6.45) is 6.42. The number of hydrogen-bond donors (Lipinski definition) is 1. The Kier molecular flexibility index (Phi) is 5.20. The second kappa shape index (κ2) is 7.53. The predicted molar refractivity (Wildman–Crippen MR) is 88.6 cm³/mol. The van der Waals surface area contributed by atoms with E-state index in [0.717, 1.165) is 13.1 Å². The van der Waals surface area contributed by atoms with Crippen LogP contribution >= 0.6 is 0 Å². The van der Waals surface area contributed by atoms with Crippen LogP contribution in [0.4, 0.5) is 5.69 Å². The molecule has 24 heavy (non-hydrogen) atoms. The topological polar surface area (TPSA) is 86.5 Å². The Morgan fingerprint density at radius 1 is 1.08 bits per heavy atom. The number of nitro groups is 1. The molecule has 0 spiro atoms. The first-order valence-electron chi connectivity index (χ1n) is 8.58. The third-order valence-electron chi connectivity index (χ3n) is 4.74. The van der Waals surface area contributed by atoms with Gasteiger partial charge in [-0.25, -0.2) is 0 Å². The first-order chi connectivity index (χ1) is 11.6. The second-order valence-electron chi connectivity index (χ2n) is 6.40. The maximum Gasteiger partial charge on any atom is 0.274 e. The van der Waals surface area contributed by atoms with E-state index in [1.165, 1.54) is 49.1 Å². The minimum Gasteiger partial charge on any atom is -0.415 e. The molecule has 1 aromatic carbocycles. The number of nitrogens with zero attached hydrogens (tertiary/aromatic N) is 3. The van der Waals surface area contributed by atoms with Crippen LogP contribution in [0.3, 0.4) is 0 Å². The number of non-ortho nitro benzene ring substituents is 1. The lowest BCUT2D eigenvalue weighted by atomic mass is 10.1. The molecule has 0 saturated carbocycles.